The van der Waals surface area contributed by atoms with Crippen LogP contribution in [0.3, 0.4) is 0 Å². The van der Waals surface area contributed by atoms with E-state index in [1.807, 2.05) is 75.5 Å². The van der Waals surface area contributed by atoms with Crippen molar-refractivity contribution in [2.45, 2.75) is 34.6 Å². The predicted molar refractivity (Wildman–Crippen MR) is 178 cm³/mol. The highest BCUT2D eigenvalue weighted by atomic mass is 14.9. The average molecular weight is 561 g/mol. The molecule has 0 N–H and O–H groups in total. The van der Waals surface area contributed by atoms with Gasteiger partial charge in [-0.1, -0.05) is 60.2 Å². The van der Waals surface area contributed by atoms with Gasteiger partial charge in [0.2, 0.25) is 0 Å². The summed E-state index contributed by atoms with van der Waals surface area (Å²) >= 11 is 0. The zero-order valence-electron chi connectivity index (χ0n) is 25.1. The van der Waals surface area contributed by atoms with Gasteiger partial charge in [0.1, 0.15) is 0 Å². The third-order valence-corrected chi connectivity index (χ3v) is 7.48. The number of rotatable bonds is 6. The van der Waals surface area contributed by atoms with Crippen LogP contribution in [0.5, 0.6) is 0 Å². The van der Waals surface area contributed by atoms with Crippen LogP contribution in [0.1, 0.15) is 37.9 Å². The van der Waals surface area contributed by atoms with Crippen molar-refractivity contribution in [2.75, 3.05) is 0 Å². The summed E-state index contributed by atoms with van der Waals surface area (Å²) in [5.74, 6) is 1.34. The van der Waals surface area contributed by atoms with Crippen molar-refractivity contribution in [3.63, 3.8) is 0 Å². The Bertz CT molecular complexity index is 2100. The largest absolute Gasteiger partial charge is 0.269 e. The van der Waals surface area contributed by atoms with Gasteiger partial charge in [0.15, 0.2) is 11.6 Å². The Labute approximate surface area is 251 Å². The van der Waals surface area contributed by atoms with E-state index in [9.17, 15) is 0 Å². The molecule has 0 radical (unpaired) electrons. The highest BCUT2D eigenvalue weighted by Gasteiger charge is 2.17. The molecular formula is C37H32N6. The quantitative estimate of drug-likeness (QED) is 0.150. The van der Waals surface area contributed by atoms with Crippen LogP contribution in [0.4, 0.5) is 0 Å². The van der Waals surface area contributed by atoms with Crippen LogP contribution in [0.15, 0.2) is 107 Å². The van der Waals surface area contributed by atoms with Crippen LogP contribution in [0, 0.1) is 13.8 Å². The Kier molecular flexibility index (Phi) is 7.43. The van der Waals surface area contributed by atoms with Crippen molar-refractivity contribution in [2.24, 2.45) is 4.99 Å². The molecule has 0 fully saturated rings. The number of benzene rings is 3. The van der Waals surface area contributed by atoms with Gasteiger partial charge in [-0.05, 0) is 77.2 Å². The van der Waals surface area contributed by atoms with Crippen LogP contribution in [-0.4, -0.2) is 31.6 Å². The third-order valence-electron chi connectivity index (χ3n) is 7.48. The molecule has 0 aliphatic carbocycles. The van der Waals surface area contributed by atoms with Gasteiger partial charge >= 0.3 is 0 Å². The Morgan fingerprint density at radius 2 is 1.35 bits per heavy atom. The van der Waals surface area contributed by atoms with E-state index in [2.05, 4.69) is 66.9 Å². The molecule has 210 valence electrons. The smallest absolute Gasteiger partial charge is 0.160 e. The highest BCUT2D eigenvalue weighted by molar-refractivity contribution is 5.97. The summed E-state index contributed by atoms with van der Waals surface area (Å²) in [4.78, 5) is 28.7. The van der Waals surface area contributed by atoms with Crippen LogP contribution in [0.2, 0.25) is 0 Å². The summed E-state index contributed by atoms with van der Waals surface area (Å²) in [5.41, 5.74) is 11.2. The molecule has 6 rings (SSSR count). The molecule has 43 heavy (non-hydrogen) atoms. The Morgan fingerprint density at radius 3 is 2.00 bits per heavy atom. The van der Waals surface area contributed by atoms with Crippen molar-refractivity contribution >= 4 is 34.1 Å². The molecule has 0 bridgehead atoms. The fourth-order valence-corrected chi connectivity index (χ4v) is 5.20. The maximum atomic E-state index is 5.15. The molecule has 6 heteroatoms. The van der Waals surface area contributed by atoms with Crippen molar-refractivity contribution in [3.05, 3.63) is 119 Å². The number of fused-ring (bicyclic) bond motifs is 2. The van der Waals surface area contributed by atoms with Gasteiger partial charge in [0.05, 0.1) is 22.4 Å². The number of aliphatic imine (C=N–C) groups is 1. The molecule has 3 heterocycles. The lowest BCUT2D eigenvalue weighted by Gasteiger charge is -2.14. The fraction of sp³-hybridized carbons (Fsp3) is 0.135. The second kappa shape index (κ2) is 11.5. The highest BCUT2D eigenvalue weighted by Crippen LogP contribution is 2.34. The second-order valence-electron chi connectivity index (χ2n) is 10.9. The minimum absolute atomic E-state index is 0.653. The Hall–Kier alpha value is -5.36. The molecule has 0 unspecified atom stereocenters. The van der Waals surface area contributed by atoms with Crippen LogP contribution >= 0.6 is 0 Å². The predicted octanol–water partition coefficient (Wildman–Crippen LogP) is 8.98. The van der Waals surface area contributed by atoms with E-state index in [-0.39, 0.29) is 0 Å². The number of aryl methyl sites for hydroxylation is 2. The van der Waals surface area contributed by atoms with Crippen molar-refractivity contribution in [3.8, 4) is 33.9 Å². The van der Waals surface area contributed by atoms with E-state index in [0.29, 0.717) is 11.6 Å². The lowest BCUT2D eigenvalue weighted by Crippen LogP contribution is -2.00. The van der Waals surface area contributed by atoms with Crippen molar-refractivity contribution in [1.29, 1.82) is 0 Å². The minimum atomic E-state index is 0.653. The summed E-state index contributed by atoms with van der Waals surface area (Å²) in [6.07, 6.45) is 3.87. The molecule has 6 aromatic rings. The molecule has 3 aromatic carbocycles. The minimum Gasteiger partial charge on any atom is -0.269 e. The summed E-state index contributed by atoms with van der Waals surface area (Å²) in [5, 5.41) is 1.97. The number of aromatic nitrogens is 5. The molecule has 6 nitrogen and oxygen atoms in total. The molecule has 0 spiro atoms. The molecule has 0 saturated heterocycles. The van der Waals surface area contributed by atoms with Gasteiger partial charge < -0.3 is 0 Å². The lowest BCUT2D eigenvalue weighted by molar-refractivity contribution is 1.14. The molecule has 0 saturated carbocycles. The van der Waals surface area contributed by atoms with Crippen molar-refractivity contribution in [1.82, 2.24) is 24.9 Å². The zero-order valence-corrected chi connectivity index (χ0v) is 25.1. The SMILES string of the molecule is C=N/C(C)=C\C(=C(C)C)c1nc(-c2cccc(-c3nc(-c4cc(C)ncc4C)nc4ccccc34)c2)c2ccccc2n1. The normalized spacial score (nSPS) is 11.6. The lowest BCUT2D eigenvalue weighted by atomic mass is 9.99. The first-order valence-corrected chi connectivity index (χ1v) is 14.2. The summed E-state index contributed by atoms with van der Waals surface area (Å²) in [6, 6.07) is 26.7. The second-order valence-corrected chi connectivity index (χ2v) is 10.9. The van der Waals surface area contributed by atoms with E-state index < -0.39 is 0 Å². The number of allylic oxidation sites excluding steroid dienone is 4. The zero-order chi connectivity index (χ0) is 30.1. The number of hydrogen-bond donors (Lipinski definition) is 0. The molecule has 0 aliphatic rings. The van der Waals surface area contributed by atoms with E-state index in [4.69, 9.17) is 19.9 Å². The maximum absolute atomic E-state index is 5.15. The fourth-order valence-electron chi connectivity index (χ4n) is 5.20. The Balaban J connectivity index is 1.58. The Morgan fingerprint density at radius 1 is 0.721 bits per heavy atom. The van der Waals surface area contributed by atoms with E-state index in [0.717, 1.165) is 78.0 Å². The summed E-state index contributed by atoms with van der Waals surface area (Å²) in [6.45, 7) is 13.8. The number of nitrogens with zero attached hydrogens (tertiary/aromatic N) is 6. The molecule has 0 aliphatic heterocycles. The van der Waals surface area contributed by atoms with E-state index >= 15 is 0 Å². The van der Waals surface area contributed by atoms with Gasteiger partial charge in [0.25, 0.3) is 0 Å². The van der Waals surface area contributed by atoms with Gasteiger partial charge in [-0.15, -0.1) is 0 Å². The topological polar surface area (TPSA) is 76.8 Å². The van der Waals surface area contributed by atoms with Crippen LogP contribution in [-0.2, 0) is 0 Å². The first kappa shape index (κ1) is 27.8. The number of pyridine rings is 1. The van der Waals surface area contributed by atoms with Gasteiger partial charge in [0, 0.05) is 50.6 Å². The first-order chi connectivity index (χ1) is 20.8. The molecule has 0 atom stereocenters. The monoisotopic (exact) mass is 560 g/mol. The third kappa shape index (κ3) is 5.47. The number of para-hydroxylation sites is 2. The van der Waals surface area contributed by atoms with Crippen molar-refractivity contribution < 1.29 is 0 Å². The van der Waals surface area contributed by atoms with E-state index in [1.165, 1.54) is 0 Å². The maximum Gasteiger partial charge on any atom is 0.160 e. The van der Waals surface area contributed by atoms with Crippen LogP contribution in [0.25, 0.3) is 61.3 Å². The molecule has 0 amide bonds. The van der Waals surface area contributed by atoms with Gasteiger partial charge in [-0.2, -0.15) is 0 Å². The van der Waals surface area contributed by atoms with Gasteiger partial charge in [-0.3, -0.25) is 9.98 Å². The number of hydrogen-bond acceptors (Lipinski definition) is 6. The molecular weight excluding hydrogens is 528 g/mol. The average Bonchev–Trinajstić information content (AvgIpc) is 3.03. The van der Waals surface area contributed by atoms with E-state index in [1.54, 1.807) is 0 Å². The molecule has 3 aromatic heterocycles. The first-order valence-electron chi connectivity index (χ1n) is 14.2. The summed E-state index contributed by atoms with van der Waals surface area (Å²) in [7, 11) is 0. The van der Waals surface area contributed by atoms with Crippen LogP contribution < -0.4 is 0 Å². The summed E-state index contributed by atoms with van der Waals surface area (Å²) < 4.78 is 0. The van der Waals surface area contributed by atoms with Gasteiger partial charge in [-0.25, -0.2) is 19.9 Å². The standard InChI is InChI=1S/C37H32N6/c1-22(2)30(18-24(4)38-6)36-40-32-16-9-7-14-28(32)34(42-36)26-12-11-13-27(20-26)35-29-15-8-10-17-33(29)41-37(43-35)31-19-25(5)39-21-23(31)3/h7-21H,6H2,1-5H3/b24-18-.